The Bertz CT molecular complexity index is 563. The van der Waals surface area contributed by atoms with Gasteiger partial charge in [-0.2, -0.15) is 0 Å². The fourth-order valence-corrected chi connectivity index (χ4v) is 3.50. The lowest BCUT2D eigenvalue weighted by molar-refractivity contribution is 0.377. The topological polar surface area (TPSA) is 26.0 Å². The summed E-state index contributed by atoms with van der Waals surface area (Å²) in [7, 11) is 0. The van der Waals surface area contributed by atoms with Gasteiger partial charge in [0.15, 0.2) is 0 Å². The summed E-state index contributed by atoms with van der Waals surface area (Å²) in [5, 5.41) is 0. The van der Waals surface area contributed by atoms with Crippen LogP contribution in [0.4, 0.5) is 0 Å². The monoisotopic (exact) mass is 297 g/mol. The Balaban J connectivity index is 2.18. The van der Waals surface area contributed by atoms with E-state index >= 15 is 0 Å². The molecule has 2 rings (SSSR count). The first-order valence-corrected chi connectivity index (χ1v) is 8.59. The van der Waals surface area contributed by atoms with E-state index in [0.29, 0.717) is 11.3 Å². The Kier molecular flexibility index (Phi) is 5.63. The summed E-state index contributed by atoms with van der Waals surface area (Å²) < 4.78 is 0. The van der Waals surface area contributed by atoms with Gasteiger partial charge in [-0.05, 0) is 67.2 Å². The lowest BCUT2D eigenvalue weighted by Gasteiger charge is -2.32. The average molecular weight is 297 g/mol. The predicted octanol–water partition coefficient (Wildman–Crippen LogP) is 5.36. The summed E-state index contributed by atoms with van der Waals surface area (Å²) >= 11 is 0. The van der Waals surface area contributed by atoms with Gasteiger partial charge in [0.2, 0.25) is 0 Å². The molecule has 1 nitrogen and oxygen atoms in total. The Labute approximate surface area is 136 Å². The molecule has 0 aliphatic heterocycles. The molecule has 0 fully saturated rings. The van der Waals surface area contributed by atoms with Crippen molar-refractivity contribution in [2.24, 2.45) is 17.1 Å². The molecule has 0 bridgehead atoms. The third-order valence-electron chi connectivity index (χ3n) is 4.92. The molecule has 120 valence electrons. The highest BCUT2D eigenvalue weighted by atomic mass is 14.5. The van der Waals surface area contributed by atoms with E-state index in [1.165, 1.54) is 36.0 Å². The SMILES string of the molecule is CC1=C(C=Cc2cccc(CC(C)CN)c2)C(C)(C)CCC1. The standard InChI is InChI=1S/C21H31N/c1-16(15-22)13-19-9-5-8-18(14-19)10-11-20-17(2)7-6-12-21(20,3)4/h5,8-11,14,16H,6-7,12-13,15,22H2,1-4H3. The van der Waals surface area contributed by atoms with Gasteiger partial charge in [-0.1, -0.05) is 62.8 Å². The summed E-state index contributed by atoms with van der Waals surface area (Å²) in [5.41, 5.74) is 11.8. The van der Waals surface area contributed by atoms with Gasteiger partial charge < -0.3 is 5.73 Å². The van der Waals surface area contributed by atoms with E-state index in [1.54, 1.807) is 5.57 Å². The molecule has 1 aromatic carbocycles. The minimum absolute atomic E-state index is 0.310. The zero-order valence-electron chi connectivity index (χ0n) is 14.7. The molecular formula is C21H31N. The maximum Gasteiger partial charge on any atom is -0.00483 e. The number of benzene rings is 1. The van der Waals surface area contributed by atoms with Gasteiger partial charge in [0.25, 0.3) is 0 Å². The lowest BCUT2D eigenvalue weighted by Crippen LogP contribution is -2.18. The van der Waals surface area contributed by atoms with Crippen LogP contribution in [0.3, 0.4) is 0 Å². The van der Waals surface area contributed by atoms with Crippen LogP contribution < -0.4 is 5.73 Å². The Morgan fingerprint density at radius 2 is 2.05 bits per heavy atom. The van der Waals surface area contributed by atoms with Crippen LogP contribution in [0, 0.1) is 11.3 Å². The summed E-state index contributed by atoms with van der Waals surface area (Å²) in [6.45, 7) is 9.99. The van der Waals surface area contributed by atoms with Gasteiger partial charge in [0.1, 0.15) is 0 Å². The highest BCUT2D eigenvalue weighted by molar-refractivity contribution is 5.55. The first kappa shape index (κ1) is 17.0. The van der Waals surface area contributed by atoms with E-state index in [2.05, 4.69) is 64.1 Å². The fourth-order valence-electron chi connectivity index (χ4n) is 3.50. The summed E-state index contributed by atoms with van der Waals surface area (Å²) in [6.07, 6.45) is 9.55. The Morgan fingerprint density at radius 1 is 1.27 bits per heavy atom. The molecule has 1 aliphatic carbocycles. The van der Waals surface area contributed by atoms with Crippen LogP contribution in [-0.4, -0.2) is 6.54 Å². The van der Waals surface area contributed by atoms with Crippen molar-refractivity contribution in [1.29, 1.82) is 0 Å². The number of hydrogen-bond acceptors (Lipinski definition) is 1. The molecule has 1 aromatic rings. The molecular weight excluding hydrogens is 266 g/mol. The number of nitrogens with two attached hydrogens (primary N) is 1. The van der Waals surface area contributed by atoms with Gasteiger partial charge in [-0.25, -0.2) is 0 Å². The van der Waals surface area contributed by atoms with Crippen molar-refractivity contribution in [3.8, 4) is 0 Å². The van der Waals surface area contributed by atoms with E-state index in [-0.39, 0.29) is 0 Å². The van der Waals surface area contributed by atoms with Crippen molar-refractivity contribution < 1.29 is 0 Å². The third-order valence-corrected chi connectivity index (χ3v) is 4.92. The maximum atomic E-state index is 5.74. The fraction of sp³-hybridized carbons (Fsp3) is 0.524. The van der Waals surface area contributed by atoms with Crippen LogP contribution in [0.2, 0.25) is 0 Å². The van der Waals surface area contributed by atoms with Crippen molar-refractivity contribution in [2.75, 3.05) is 6.54 Å². The molecule has 0 saturated carbocycles. The van der Waals surface area contributed by atoms with Crippen LogP contribution in [0.5, 0.6) is 0 Å². The second-order valence-electron chi connectivity index (χ2n) is 7.55. The molecule has 0 spiro atoms. The molecule has 0 amide bonds. The number of allylic oxidation sites excluding steroid dienone is 3. The summed E-state index contributed by atoms with van der Waals surface area (Å²) in [5.74, 6) is 0.543. The van der Waals surface area contributed by atoms with E-state index in [9.17, 15) is 0 Å². The van der Waals surface area contributed by atoms with Crippen LogP contribution >= 0.6 is 0 Å². The number of rotatable bonds is 5. The van der Waals surface area contributed by atoms with Gasteiger partial charge >= 0.3 is 0 Å². The van der Waals surface area contributed by atoms with Crippen LogP contribution in [0.25, 0.3) is 6.08 Å². The molecule has 0 saturated heterocycles. The van der Waals surface area contributed by atoms with Gasteiger partial charge in [0.05, 0.1) is 0 Å². The summed E-state index contributed by atoms with van der Waals surface area (Å²) in [6, 6.07) is 8.86. The summed E-state index contributed by atoms with van der Waals surface area (Å²) in [4.78, 5) is 0. The smallest absolute Gasteiger partial charge is 0.00483 e. The van der Waals surface area contributed by atoms with Gasteiger partial charge in [-0.3, -0.25) is 0 Å². The zero-order chi connectivity index (χ0) is 16.2. The second-order valence-corrected chi connectivity index (χ2v) is 7.55. The van der Waals surface area contributed by atoms with Gasteiger partial charge in [0, 0.05) is 0 Å². The molecule has 2 N–H and O–H groups in total. The largest absolute Gasteiger partial charge is 0.330 e. The molecule has 1 unspecified atom stereocenters. The first-order chi connectivity index (χ1) is 10.4. The van der Waals surface area contributed by atoms with Crippen molar-refractivity contribution >= 4 is 6.08 Å². The molecule has 0 radical (unpaired) electrons. The van der Waals surface area contributed by atoms with E-state index in [4.69, 9.17) is 5.73 Å². The van der Waals surface area contributed by atoms with E-state index in [1.807, 2.05) is 0 Å². The zero-order valence-corrected chi connectivity index (χ0v) is 14.7. The first-order valence-electron chi connectivity index (χ1n) is 8.59. The van der Waals surface area contributed by atoms with Crippen molar-refractivity contribution in [2.45, 2.75) is 53.4 Å². The predicted molar refractivity (Wildman–Crippen MR) is 97.7 cm³/mol. The van der Waals surface area contributed by atoms with E-state index in [0.717, 1.165) is 13.0 Å². The van der Waals surface area contributed by atoms with E-state index < -0.39 is 0 Å². The number of hydrogen-bond donors (Lipinski definition) is 1. The molecule has 1 atom stereocenters. The molecule has 1 aliphatic rings. The minimum atomic E-state index is 0.310. The third kappa shape index (κ3) is 4.33. The van der Waals surface area contributed by atoms with Crippen LogP contribution in [-0.2, 0) is 6.42 Å². The Hall–Kier alpha value is -1.34. The normalized spacial score (nSPS) is 19.7. The minimum Gasteiger partial charge on any atom is -0.330 e. The molecule has 0 heterocycles. The average Bonchev–Trinajstić information content (AvgIpc) is 2.46. The molecule has 0 aromatic heterocycles. The highest BCUT2D eigenvalue weighted by Gasteiger charge is 2.26. The Morgan fingerprint density at radius 3 is 2.73 bits per heavy atom. The second kappa shape index (κ2) is 7.28. The van der Waals surface area contributed by atoms with Crippen LogP contribution in [0.15, 0.2) is 41.5 Å². The van der Waals surface area contributed by atoms with Crippen molar-refractivity contribution in [1.82, 2.24) is 0 Å². The highest BCUT2D eigenvalue weighted by Crippen LogP contribution is 2.40. The molecule has 22 heavy (non-hydrogen) atoms. The van der Waals surface area contributed by atoms with Crippen molar-refractivity contribution in [3.05, 3.63) is 52.6 Å². The van der Waals surface area contributed by atoms with Crippen LogP contribution in [0.1, 0.15) is 58.1 Å². The lowest BCUT2D eigenvalue weighted by atomic mass is 9.72. The maximum absolute atomic E-state index is 5.74. The van der Waals surface area contributed by atoms with Crippen molar-refractivity contribution in [3.63, 3.8) is 0 Å². The quantitative estimate of drug-likeness (QED) is 0.777. The molecule has 1 heteroatoms. The van der Waals surface area contributed by atoms with Gasteiger partial charge in [-0.15, -0.1) is 0 Å².